The van der Waals surface area contributed by atoms with E-state index in [1.165, 1.54) is 0 Å². The largest absolute Gasteiger partial charge is 0.497 e. The van der Waals surface area contributed by atoms with Gasteiger partial charge >= 0.3 is 5.97 Å². The zero-order chi connectivity index (χ0) is 15.4. The Labute approximate surface area is 124 Å². The van der Waals surface area contributed by atoms with Crippen molar-refractivity contribution in [3.05, 3.63) is 58.7 Å². The van der Waals surface area contributed by atoms with E-state index in [-0.39, 0.29) is 12.6 Å². The summed E-state index contributed by atoms with van der Waals surface area (Å²) in [5.41, 5.74) is 9.64. The molecule has 0 aliphatic heterocycles. The predicted octanol–water partition coefficient (Wildman–Crippen LogP) is 3.25. The summed E-state index contributed by atoms with van der Waals surface area (Å²) in [5.74, 6) is 0.408. The van der Waals surface area contributed by atoms with Crippen molar-refractivity contribution in [1.82, 2.24) is 0 Å². The lowest BCUT2D eigenvalue weighted by Crippen LogP contribution is -2.09. The molecule has 0 amide bonds. The molecule has 21 heavy (non-hydrogen) atoms. The third kappa shape index (κ3) is 3.54. The normalized spacial score (nSPS) is 10.2. The van der Waals surface area contributed by atoms with Crippen molar-refractivity contribution in [2.24, 2.45) is 0 Å². The molecule has 2 N–H and O–H groups in total. The smallest absolute Gasteiger partial charge is 0.338 e. The molecule has 2 aromatic carbocycles. The van der Waals surface area contributed by atoms with Crippen molar-refractivity contribution in [3.63, 3.8) is 0 Å². The summed E-state index contributed by atoms with van der Waals surface area (Å²) >= 11 is 0. The number of esters is 1. The first kappa shape index (κ1) is 14.9. The summed E-state index contributed by atoms with van der Waals surface area (Å²) in [5, 5.41) is 0. The van der Waals surface area contributed by atoms with Crippen LogP contribution in [0.3, 0.4) is 0 Å². The molecule has 0 unspecified atom stereocenters. The van der Waals surface area contributed by atoms with Crippen LogP contribution in [0.4, 0.5) is 5.69 Å². The Balaban J connectivity index is 2.08. The average molecular weight is 285 g/mol. The minimum absolute atomic E-state index is 0.218. The van der Waals surface area contributed by atoms with Crippen molar-refractivity contribution in [1.29, 1.82) is 0 Å². The number of methoxy groups -OCH3 is 1. The number of rotatable bonds is 4. The number of nitrogens with two attached hydrogens (primary N) is 1. The minimum Gasteiger partial charge on any atom is -0.497 e. The van der Waals surface area contributed by atoms with Gasteiger partial charge in [0.25, 0.3) is 0 Å². The maximum absolute atomic E-state index is 12.2. The third-order valence-corrected chi connectivity index (χ3v) is 3.44. The Morgan fingerprint density at radius 2 is 1.81 bits per heavy atom. The van der Waals surface area contributed by atoms with Gasteiger partial charge in [-0.05, 0) is 54.8 Å². The van der Waals surface area contributed by atoms with Crippen LogP contribution in [0.15, 0.2) is 36.4 Å². The molecule has 4 nitrogen and oxygen atoms in total. The van der Waals surface area contributed by atoms with Crippen LogP contribution in [-0.4, -0.2) is 13.1 Å². The fourth-order valence-corrected chi connectivity index (χ4v) is 2.05. The highest BCUT2D eigenvalue weighted by Crippen LogP contribution is 2.19. The summed E-state index contributed by atoms with van der Waals surface area (Å²) in [6, 6.07) is 10.9. The van der Waals surface area contributed by atoms with Gasteiger partial charge in [0.2, 0.25) is 0 Å². The van der Waals surface area contributed by atoms with Crippen molar-refractivity contribution in [2.75, 3.05) is 12.8 Å². The molecule has 0 spiro atoms. The highest BCUT2D eigenvalue weighted by molar-refractivity contribution is 5.92. The van der Waals surface area contributed by atoms with Gasteiger partial charge in [-0.2, -0.15) is 0 Å². The molecule has 2 aromatic rings. The van der Waals surface area contributed by atoms with Crippen LogP contribution < -0.4 is 10.5 Å². The summed E-state index contributed by atoms with van der Waals surface area (Å²) in [6.45, 7) is 4.03. The van der Waals surface area contributed by atoms with Crippen LogP contribution in [0.1, 0.15) is 27.0 Å². The second-order valence-corrected chi connectivity index (χ2v) is 4.93. The number of benzene rings is 2. The Bertz CT molecular complexity index is 648. The molecule has 0 radical (unpaired) electrons. The van der Waals surface area contributed by atoms with E-state index >= 15 is 0 Å². The summed E-state index contributed by atoms with van der Waals surface area (Å²) in [6.07, 6.45) is 0. The number of anilines is 1. The number of hydrogen-bond acceptors (Lipinski definition) is 4. The summed E-state index contributed by atoms with van der Waals surface area (Å²) in [4.78, 5) is 12.2. The molecule has 4 heteroatoms. The zero-order valence-electron chi connectivity index (χ0n) is 12.5. The fourth-order valence-electron chi connectivity index (χ4n) is 2.05. The van der Waals surface area contributed by atoms with Crippen LogP contribution in [0.2, 0.25) is 0 Å². The van der Waals surface area contributed by atoms with Crippen molar-refractivity contribution < 1.29 is 14.3 Å². The maximum atomic E-state index is 12.2. The number of ether oxygens (including phenoxy) is 2. The van der Waals surface area contributed by atoms with E-state index in [9.17, 15) is 4.79 Å². The van der Waals surface area contributed by atoms with Gasteiger partial charge in [-0.3, -0.25) is 0 Å². The number of nitrogen functional groups attached to an aromatic ring is 1. The lowest BCUT2D eigenvalue weighted by molar-refractivity contribution is 0.0472. The lowest BCUT2D eigenvalue weighted by Gasteiger charge is -2.10. The minimum atomic E-state index is -0.362. The predicted molar refractivity (Wildman–Crippen MR) is 82.4 cm³/mol. The van der Waals surface area contributed by atoms with Gasteiger partial charge < -0.3 is 15.2 Å². The van der Waals surface area contributed by atoms with E-state index in [1.54, 1.807) is 13.2 Å². The zero-order valence-corrected chi connectivity index (χ0v) is 12.5. The second-order valence-electron chi connectivity index (χ2n) is 4.93. The molecule has 0 fully saturated rings. The van der Waals surface area contributed by atoms with Crippen LogP contribution in [0.25, 0.3) is 0 Å². The first-order chi connectivity index (χ1) is 10.0. The van der Waals surface area contributed by atoms with E-state index in [0.717, 1.165) is 22.4 Å². The van der Waals surface area contributed by atoms with Gasteiger partial charge in [-0.25, -0.2) is 4.79 Å². The van der Waals surface area contributed by atoms with Gasteiger partial charge in [0.15, 0.2) is 0 Å². The average Bonchev–Trinajstić information content (AvgIpc) is 2.49. The number of carbonyl (C=O) groups is 1. The number of carbonyl (C=O) groups excluding carboxylic acids is 1. The Kier molecular flexibility index (Phi) is 4.48. The third-order valence-electron chi connectivity index (χ3n) is 3.44. The van der Waals surface area contributed by atoms with Gasteiger partial charge in [0.05, 0.1) is 12.7 Å². The molecule has 0 aliphatic rings. The second kappa shape index (κ2) is 6.31. The maximum Gasteiger partial charge on any atom is 0.338 e. The van der Waals surface area contributed by atoms with E-state index < -0.39 is 0 Å². The quantitative estimate of drug-likeness (QED) is 0.692. The molecule has 0 heterocycles. The molecule has 0 saturated heterocycles. The SMILES string of the molecule is COc1ccc(COC(=O)c2cc(N)cc(C)c2C)cc1. The van der Waals surface area contributed by atoms with Crippen LogP contribution in [0.5, 0.6) is 5.75 Å². The Hall–Kier alpha value is -2.49. The molecular formula is C17H19NO3. The molecule has 110 valence electrons. The number of aryl methyl sites for hydroxylation is 1. The van der Waals surface area contributed by atoms with Crippen molar-refractivity contribution >= 4 is 11.7 Å². The first-order valence-corrected chi connectivity index (χ1v) is 6.68. The van der Waals surface area contributed by atoms with Crippen LogP contribution in [-0.2, 0) is 11.3 Å². The Morgan fingerprint density at radius 1 is 1.14 bits per heavy atom. The standard InChI is InChI=1S/C17H19NO3/c1-11-8-14(18)9-16(12(11)2)17(19)21-10-13-4-6-15(20-3)7-5-13/h4-9H,10,18H2,1-3H3. The van der Waals surface area contributed by atoms with E-state index in [1.807, 2.05) is 44.2 Å². The molecule has 2 rings (SSSR count). The Morgan fingerprint density at radius 3 is 2.43 bits per heavy atom. The molecular weight excluding hydrogens is 266 g/mol. The lowest BCUT2D eigenvalue weighted by atomic mass is 10.0. The highest BCUT2D eigenvalue weighted by atomic mass is 16.5. The van der Waals surface area contributed by atoms with E-state index in [0.29, 0.717) is 11.3 Å². The number of hydrogen-bond donors (Lipinski definition) is 1. The van der Waals surface area contributed by atoms with Crippen LogP contribution >= 0.6 is 0 Å². The molecule has 0 atom stereocenters. The monoisotopic (exact) mass is 285 g/mol. The van der Waals surface area contributed by atoms with Gasteiger partial charge in [-0.1, -0.05) is 12.1 Å². The van der Waals surface area contributed by atoms with Gasteiger partial charge in [0.1, 0.15) is 12.4 Å². The highest BCUT2D eigenvalue weighted by Gasteiger charge is 2.13. The molecule has 0 bridgehead atoms. The van der Waals surface area contributed by atoms with Gasteiger partial charge in [0, 0.05) is 5.69 Å². The van der Waals surface area contributed by atoms with Crippen molar-refractivity contribution in [3.8, 4) is 5.75 Å². The van der Waals surface area contributed by atoms with Crippen molar-refractivity contribution in [2.45, 2.75) is 20.5 Å². The fraction of sp³-hybridized carbons (Fsp3) is 0.235. The van der Waals surface area contributed by atoms with Crippen LogP contribution in [0, 0.1) is 13.8 Å². The first-order valence-electron chi connectivity index (χ1n) is 6.68. The molecule has 0 aliphatic carbocycles. The van der Waals surface area contributed by atoms with E-state index in [2.05, 4.69) is 0 Å². The summed E-state index contributed by atoms with van der Waals surface area (Å²) < 4.78 is 10.4. The van der Waals surface area contributed by atoms with E-state index in [4.69, 9.17) is 15.2 Å². The molecule has 0 aromatic heterocycles. The topological polar surface area (TPSA) is 61.5 Å². The summed E-state index contributed by atoms with van der Waals surface area (Å²) in [7, 11) is 1.61. The molecule has 0 saturated carbocycles. The van der Waals surface area contributed by atoms with Gasteiger partial charge in [-0.15, -0.1) is 0 Å².